The number of nitrogens with one attached hydrogen (secondary N) is 1. The van der Waals surface area contributed by atoms with Gasteiger partial charge in [0.15, 0.2) is 0 Å². The van der Waals surface area contributed by atoms with Crippen LogP contribution >= 0.6 is 0 Å². The Kier molecular flexibility index (Phi) is 4.02. The number of fused-ring (bicyclic) bond motifs is 1. The lowest BCUT2D eigenvalue weighted by Gasteiger charge is -2.29. The first kappa shape index (κ1) is 17.0. The van der Waals surface area contributed by atoms with Gasteiger partial charge < -0.3 is 15.4 Å². The Balaban J connectivity index is 1.64. The maximum Gasteiger partial charge on any atom is 0.255 e. The topological polar surface area (TPSA) is 115 Å². The predicted molar refractivity (Wildman–Crippen MR) is 96.7 cm³/mol. The van der Waals surface area contributed by atoms with Gasteiger partial charge in [-0.15, -0.1) is 0 Å². The number of aromatic nitrogens is 1. The highest BCUT2D eigenvalue weighted by molar-refractivity contribution is 6.05. The van der Waals surface area contributed by atoms with Crippen LogP contribution < -0.4 is 15.8 Å². The minimum atomic E-state index is -0.628. The van der Waals surface area contributed by atoms with Gasteiger partial charge in [-0.1, -0.05) is 6.07 Å². The summed E-state index contributed by atoms with van der Waals surface area (Å²) in [5.41, 5.74) is 8.64. The number of nitrogens with zero attached hydrogens (tertiary/aromatic N) is 2. The van der Waals surface area contributed by atoms with Crippen molar-refractivity contribution in [3.05, 3.63) is 41.5 Å². The molecule has 2 aliphatic rings. The van der Waals surface area contributed by atoms with E-state index in [1.54, 1.807) is 31.4 Å². The normalized spacial score (nSPS) is 19.1. The van der Waals surface area contributed by atoms with Crippen molar-refractivity contribution in [3.63, 3.8) is 0 Å². The third-order valence-corrected chi connectivity index (χ3v) is 4.87. The Hall–Kier alpha value is -3.42. The van der Waals surface area contributed by atoms with Crippen LogP contribution in [0.4, 0.5) is 5.82 Å². The number of carbonyl (C=O) groups excluding carboxylic acids is 3. The fraction of sp³-hybridized carbons (Fsp3) is 0.263. The molecule has 1 unspecified atom stereocenters. The van der Waals surface area contributed by atoms with E-state index < -0.39 is 11.9 Å². The Labute approximate surface area is 155 Å². The van der Waals surface area contributed by atoms with E-state index in [1.807, 2.05) is 6.07 Å². The van der Waals surface area contributed by atoms with Crippen LogP contribution in [0.1, 0.15) is 28.8 Å². The molecule has 8 nitrogen and oxygen atoms in total. The number of anilines is 1. The van der Waals surface area contributed by atoms with Crippen LogP contribution in [0.25, 0.3) is 11.3 Å². The van der Waals surface area contributed by atoms with Crippen LogP contribution in [0.15, 0.2) is 30.3 Å². The predicted octanol–water partition coefficient (Wildman–Crippen LogP) is 1.10. The number of amides is 3. The van der Waals surface area contributed by atoms with E-state index in [1.165, 1.54) is 4.90 Å². The summed E-state index contributed by atoms with van der Waals surface area (Å²) in [7, 11) is 1.55. The van der Waals surface area contributed by atoms with Crippen LogP contribution in [-0.2, 0) is 16.1 Å². The summed E-state index contributed by atoms with van der Waals surface area (Å²) in [6.07, 6.45) is 0.569. The number of ether oxygens (including phenoxy) is 1. The molecule has 0 aliphatic carbocycles. The Morgan fingerprint density at radius 1 is 1.22 bits per heavy atom. The van der Waals surface area contributed by atoms with Gasteiger partial charge in [0.1, 0.15) is 17.6 Å². The molecule has 1 fully saturated rings. The number of hydrogen-bond donors (Lipinski definition) is 2. The first-order chi connectivity index (χ1) is 13.0. The fourth-order valence-electron chi connectivity index (χ4n) is 3.53. The van der Waals surface area contributed by atoms with Gasteiger partial charge in [0.2, 0.25) is 11.8 Å². The van der Waals surface area contributed by atoms with Crippen molar-refractivity contribution in [1.82, 2.24) is 15.2 Å². The summed E-state index contributed by atoms with van der Waals surface area (Å²) >= 11 is 0. The molecule has 8 heteroatoms. The number of piperidine rings is 1. The molecular weight excluding hydrogens is 348 g/mol. The van der Waals surface area contributed by atoms with Gasteiger partial charge in [0.25, 0.3) is 5.91 Å². The fourth-order valence-corrected chi connectivity index (χ4v) is 3.53. The van der Waals surface area contributed by atoms with Crippen molar-refractivity contribution in [2.24, 2.45) is 0 Å². The summed E-state index contributed by atoms with van der Waals surface area (Å²) < 4.78 is 5.23. The molecule has 27 heavy (non-hydrogen) atoms. The van der Waals surface area contributed by atoms with Crippen LogP contribution in [0, 0.1) is 0 Å². The van der Waals surface area contributed by atoms with Crippen LogP contribution in [0.3, 0.4) is 0 Å². The molecule has 1 aromatic carbocycles. The van der Waals surface area contributed by atoms with E-state index in [4.69, 9.17) is 10.5 Å². The molecule has 4 rings (SSSR count). The third kappa shape index (κ3) is 2.99. The average molecular weight is 366 g/mol. The SMILES string of the molecule is COc1cc(N)nc(-c2ccc3c(c2)CN(C2CCC(=O)NC2=O)C3=O)c1. The molecule has 2 aromatic rings. The Morgan fingerprint density at radius 2 is 2.04 bits per heavy atom. The van der Waals surface area contributed by atoms with Crippen LogP contribution in [-0.4, -0.2) is 40.8 Å². The van der Waals surface area contributed by atoms with Gasteiger partial charge in [-0.05, 0) is 24.1 Å². The zero-order valence-corrected chi connectivity index (χ0v) is 14.7. The largest absolute Gasteiger partial charge is 0.497 e. The number of hydrogen-bond acceptors (Lipinski definition) is 6. The number of nitrogen functional groups attached to an aromatic ring is 1. The summed E-state index contributed by atoms with van der Waals surface area (Å²) in [4.78, 5) is 42.0. The van der Waals surface area contributed by atoms with Crippen molar-refractivity contribution in [2.45, 2.75) is 25.4 Å². The zero-order chi connectivity index (χ0) is 19.1. The first-order valence-corrected chi connectivity index (χ1v) is 8.56. The number of rotatable bonds is 3. The molecule has 138 valence electrons. The minimum absolute atomic E-state index is 0.204. The molecule has 3 heterocycles. The van der Waals surface area contributed by atoms with Gasteiger partial charge in [0, 0.05) is 36.2 Å². The number of nitrogens with two attached hydrogens (primary N) is 1. The zero-order valence-electron chi connectivity index (χ0n) is 14.7. The summed E-state index contributed by atoms with van der Waals surface area (Å²) in [6.45, 7) is 0.313. The quantitative estimate of drug-likeness (QED) is 0.786. The average Bonchev–Trinajstić information content (AvgIpc) is 2.97. The molecule has 1 atom stereocenters. The first-order valence-electron chi connectivity index (χ1n) is 8.56. The van der Waals surface area contributed by atoms with Gasteiger partial charge in [-0.3, -0.25) is 19.7 Å². The molecule has 0 radical (unpaired) electrons. The summed E-state index contributed by atoms with van der Waals surface area (Å²) in [6, 6.07) is 8.18. The van der Waals surface area contributed by atoms with Gasteiger partial charge in [-0.2, -0.15) is 0 Å². The Morgan fingerprint density at radius 3 is 2.78 bits per heavy atom. The lowest BCUT2D eigenvalue weighted by atomic mass is 10.0. The number of benzene rings is 1. The number of methoxy groups -OCH3 is 1. The van der Waals surface area contributed by atoms with Crippen molar-refractivity contribution in [3.8, 4) is 17.0 Å². The van der Waals surface area contributed by atoms with E-state index in [9.17, 15) is 14.4 Å². The second kappa shape index (κ2) is 6.39. The number of imide groups is 1. The van der Waals surface area contributed by atoms with E-state index in [0.29, 0.717) is 35.8 Å². The van der Waals surface area contributed by atoms with Gasteiger partial charge in [0.05, 0.1) is 12.8 Å². The highest BCUT2D eigenvalue weighted by Gasteiger charge is 2.39. The highest BCUT2D eigenvalue weighted by atomic mass is 16.5. The smallest absolute Gasteiger partial charge is 0.255 e. The van der Waals surface area contributed by atoms with Crippen LogP contribution in [0.5, 0.6) is 5.75 Å². The third-order valence-electron chi connectivity index (χ3n) is 4.87. The lowest BCUT2D eigenvalue weighted by Crippen LogP contribution is -2.52. The molecule has 1 saturated heterocycles. The molecule has 0 spiro atoms. The maximum absolute atomic E-state index is 12.7. The van der Waals surface area contributed by atoms with Crippen molar-refractivity contribution < 1.29 is 19.1 Å². The van der Waals surface area contributed by atoms with Gasteiger partial charge >= 0.3 is 0 Å². The minimum Gasteiger partial charge on any atom is -0.497 e. The molecular formula is C19H18N4O4. The lowest BCUT2D eigenvalue weighted by molar-refractivity contribution is -0.136. The monoisotopic (exact) mass is 366 g/mol. The highest BCUT2D eigenvalue weighted by Crippen LogP contribution is 2.32. The molecule has 1 aromatic heterocycles. The molecule has 3 amide bonds. The standard InChI is InChI=1S/C19H18N4O4/c1-27-12-7-14(21-16(20)8-12)10-2-3-13-11(6-10)9-23(19(13)26)15-4-5-17(24)22-18(15)25/h2-3,6-8,15H,4-5,9H2,1H3,(H2,20,21)(H,22,24,25). The second-order valence-electron chi connectivity index (χ2n) is 6.59. The molecule has 3 N–H and O–H groups in total. The van der Waals surface area contributed by atoms with E-state index in [0.717, 1.165) is 11.1 Å². The summed E-state index contributed by atoms with van der Waals surface area (Å²) in [5, 5.41) is 2.30. The van der Waals surface area contributed by atoms with Crippen molar-refractivity contribution >= 4 is 23.5 Å². The molecule has 0 saturated carbocycles. The van der Waals surface area contributed by atoms with Crippen LogP contribution in [0.2, 0.25) is 0 Å². The molecule has 0 bridgehead atoms. The van der Waals surface area contributed by atoms with E-state index in [2.05, 4.69) is 10.3 Å². The maximum atomic E-state index is 12.7. The van der Waals surface area contributed by atoms with E-state index >= 15 is 0 Å². The van der Waals surface area contributed by atoms with Crippen molar-refractivity contribution in [1.29, 1.82) is 0 Å². The van der Waals surface area contributed by atoms with Gasteiger partial charge in [-0.25, -0.2) is 4.98 Å². The summed E-state index contributed by atoms with van der Waals surface area (Å²) in [5.74, 6) is 0.00811. The van der Waals surface area contributed by atoms with Crippen molar-refractivity contribution in [2.75, 3.05) is 12.8 Å². The van der Waals surface area contributed by atoms with E-state index in [-0.39, 0.29) is 18.2 Å². The Bertz CT molecular complexity index is 972. The molecule has 2 aliphatic heterocycles. The second-order valence-corrected chi connectivity index (χ2v) is 6.59. The number of carbonyl (C=O) groups is 3. The number of pyridine rings is 1.